The first-order chi connectivity index (χ1) is 7.53. The average molecular weight is 336 g/mol. The molecule has 0 saturated heterocycles. The summed E-state index contributed by atoms with van der Waals surface area (Å²) in [6.45, 7) is 2.55. The summed E-state index contributed by atoms with van der Waals surface area (Å²) in [5, 5.41) is 8.90. The van der Waals surface area contributed by atoms with Gasteiger partial charge in [-0.25, -0.2) is 0 Å². The number of halogens is 1. The molecule has 0 amide bonds. The van der Waals surface area contributed by atoms with Gasteiger partial charge >= 0.3 is 0 Å². The van der Waals surface area contributed by atoms with Gasteiger partial charge in [0, 0.05) is 3.57 Å². The largest absolute Gasteiger partial charge is 0.488 e. The predicted octanol–water partition coefficient (Wildman–Crippen LogP) is 1.74. The van der Waals surface area contributed by atoms with Crippen LogP contribution in [0.3, 0.4) is 0 Å². The van der Waals surface area contributed by atoms with Crippen LogP contribution in [0, 0.1) is 3.57 Å². The van der Waals surface area contributed by atoms with E-state index in [1.807, 2.05) is 24.3 Å². The van der Waals surface area contributed by atoms with Gasteiger partial charge in [-0.2, -0.15) is 0 Å². The number of hydrogen-bond acceptors (Lipinski definition) is 2. The third kappa shape index (κ3) is 5.14. The van der Waals surface area contributed by atoms with Gasteiger partial charge < -0.3 is 14.3 Å². The normalized spacial score (nSPS) is 11.5. The highest BCUT2D eigenvalue weighted by Gasteiger charge is 2.13. The van der Waals surface area contributed by atoms with Gasteiger partial charge in [0.15, 0.2) is 0 Å². The van der Waals surface area contributed by atoms with Crippen LogP contribution in [0.15, 0.2) is 24.3 Å². The van der Waals surface area contributed by atoms with Crippen molar-refractivity contribution in [2.45, 2.75) is 0 Å². The van der Waals surface area contributed by atoms with Crippen molar-refractivity contribution in [2.75, 3.05) is 40.4 Å². The number of rotatable bonds is 6. The minimum absolute atomic E-state index is 0.218. The van der Waals surface area contributed by atoms with Crippen LogP contribution < -0.4 is 4.74 Å². The van der Waals surface area contributed by atoms with Crippen molar-refractivity contribution in [3.8, 4) is 5.75 Å². The van der Waals surface area contributed by atoms with Gasteiger partial charge in [-0.15, -0.1) is 0 Å². The van der Waals surface area contributed by atoms with Crippen LogP contribution in [-0.2, 0) is 0 Å². The lowest BCUT2D eigenvalue weighted by molar-refractivity contribution is -0.890. The van der Waals surface area contributed by atoms with Gasteiger partial charge in [-0.05, 0) is 40.8 Å². The molecule has 0 spiro atoms. The van der Waals surface area contributed by atoms with E-state index in [0.29, 0.717) is 6.61 Å². The Morgan fingerprint density at radius 3 is 2.69 bits per heavy atom. The lowest BCUT2D eigenvalue weighted by Crippen LogP contribution is -2.44. The van der Waals surface area contributed by atoms with E-state index >= 15 is 0 Å². The molecule has 0 saturated carbocycles. The third-order valence-electron chi connectivity index (χ3n) is 2.47. The third-order valence-corrected chi connectivity index (χ3v) is 3.14. The Hall–Kier alpha value is -0.330. The van der Waals surface area contributed by atoms with Gasteiger partial charge in [0.05, 0.1) is 20.7 Å². The number of likely N-dealkylation sites (N-methyl/N-ethyl adjacent to an activating group) is 1. The Kier molecular flexibility index (Phi) is 5.51. The zero-order chi connectivity index (χ0) is 12.0. The molecular weight excluding hydrogens is 317 g/mol. The molecule has 4 heteroatoms. The molecule has 3 nitrogen and oxygen atoms in total. The summed E-state index contributed by atoms with van der Waals surface area (Å²) in [6.07, 6.45) is 0. The summed E-state index contributed by atoms with van der Waals surface area (Å²) in [6, 6.07) is 8.02. The van der Waals surface area contributed by atoms with Crippen LogP contribution in [0.2, 0.25) is 0 Å². The quantitative estimate of drug-likeness (QED) is 0.633. The van der Waals surface area contributed by atoms with E-state index in [1.165, 1.54) is 3.57 Å². The van der Waals surface area contributed by atoms with E-state index in [2.05, 4.69) is 36.7 Å². The van der Waals surface area contributed by atoms with Gasteiger partial charge in [0.25, 0.3) is 0 Å². The van der Waals surface area contributed by atoms with E-state index in [1.54, 1.807) is 0 Å². The fourth-order valence-corrected chi connectivity index (χ4v) is 1.86. The number of quaternary nitrogens is 1. The Morgan fingerprint density at radius 2 is 2.06 bits per heavy atom. The average Bonchev–Trinajstić information content (AvgIpc) is 2.17. The molecule has 0 fully saturated rings. The fraction of sp³-hybridized carbons (Fsp3) is 0.500. The van der Waals surface area contributed by atoms with Crippen molar-refractivity contribution in [3.05, 3.63) is 27.8 Å². The van der Waals surface area contributed by atoms with Crippen LogP contribution in [0.1, 0.15) is 0 Å². The first kappa shape index (κ1) is 13.7. The molecule has 0 heterocycles. The second-order valence-corrected chi connectivity index (χ2v) is 5.66. The molecule has 16 heavy (non-hydrogen) atoms. The van der Waals surface area contributed by atoms with Crippen molar-refractivity contribution in [3.63, 3.8) is 0 Å². The molecule has 1 N–H and O–H groups in total. The van der Waals surface area contributed by atoms with E-state index < -0.39 is 0 Å². The van der Waals surface area contributed by atoms with E-state index in [0.717, 1.165) is 23.3 Å². The standard InChI is InChI=1S/C12H19INO2/c1-14(2,6-8-15)7-9-16-12-5-3-4-11(13)10-12/h3-5,10,15H,6-9H2,1-2H3/q+1. The topological polar surface area (TPSA) is 29.5 Å². The van der Waals surface area contributed by atoms with Crippen molar-refractivity contribution in [1.29, 1.82) is 0 Å². The van der Waals surface area contributed by atoms with Crippen molar-refractivity contribution < 1.29 is 14.3 Å². The predicted molar refractivity (Wildman–Crippen MR) is 73.6 cm³/mol. The second kappa shape index (κ2) is 6.42. The fourth-order valence-electron chi connectivity index (χ4n) is 1.35. The second-order valence-electron chi connectivity index (χ2n) is 4.41. The maximum atomic E-state index is 8.90. The molecule has 90 valence electrons. The van der Waals surface area contributed by atoms with E-state index in [9.17, 15) is 0 Å². The molecule has 0 radical (unpaired) electrons. The molecule has 0 atom stereocenters. The SMILES string of the molecule is C[N+](C)(CCO)CCOc1cccc(I)c1. The van der Waals surface area contributed by atoms with Crippen molar-refractivity contribution >= 4 is 22.6 Å². The van der Waals surface area contributed by atoms with Crippen LogP contribution in [0.4, 0.5) is 0 Å². The summed E-state index contributed by atoms with van der Waals surface area (Å²) in [4.78, 5) is 0. The lowest BCUT2D eigenvalue weighted by atomic mass is 10.3. The minimum Gasteiger partial charge on any atom is -0.488 e. The maximum absolute atomic E-state index is 8.90. The molecule has 0 aliphatic rings. The smallest absolute Gasteiger partial charge is 0.137 e. The molecule has 0 aliphatic carbocycles. The summed E-state index contributed by atoms with van der Waals surface area (Å²) < 4.78 is 7.62. The number of hydrogen-bond donors (Lipinski definition) is 1. The van der Waals surface area contributed by atoms with Crippen LogP contribution in [0.5, 0.6) is 5.75 Å². The Balaban J connectivity index is 2.35. The van der Waals surface area contributed by atoms with Crippen LogP contribution in [-0.4, -0.2) is 50.0 Å². The van der Waals surface area contributed by atoms with Gasteiger partial charge in [0.1, 0.15) is 25.4 Å². The minimum atomic E-state index is 0.218. The zero-order valence-corrected chi connectivity index (χ0v) is 12.0. The summed E-state index contributed by atoms with van der Waals surface area (Å²) >= 11 is 2.27. The highest BCUT2D eigenvalue weighted by atomic mass is 127. The molecule has 1 aromatic carbocycles. The van der Waals surface area contributed by atoms with Crippen LogP contribution >= 0.6 is 22.6 Å². The number of aliphatic hydroxyl groups excluding tert-OH is 1. The summed E-state index contributed by atoms with van der Waals surface area (Å²) in [5.74, 6) is 0.913. The molecule has 0 aromatic heterocycles. The number of benzene rings is 1. The van der Waals surface area contributed by atoms with E-state index in [-0.39, 0.29) is 6.61 Å². The Morgan fingerprint density at radius 1 is 1.31 bits per heavy atom. The Labute approximate surface area is 111 Å². The first-order valence-electron chi connectivity index (χ1n) is 5.35. The maximum Gasteiger partial charge on any atom is 0.137 e. The summed E-state index contributed by atoms with van der Waals surface area (Å²) in [5.41, 5.74) is 0. The monoisotopic (exact) mass is 336 g/mol. The Bertz CT molecular complexity index is 329. The number of nitrogens with zero attached hydrogens (tertiary/aromatic N) is 1. The number of ether oxygens (including phenoxy) is 1. The van der Waals surface area contributed by atoms with Crippen LogP contribution in [0.25, 0.3) is 0 Å². The van der Waals surface area contributed by atoms with E-state index in [4.69, 9.17) is 9.84 Å². The van der Waals surface area contributed by atoms with Gasteiger partial charge in [-0.3, -0.25) is 0 Å². The highest BCUT2D eigenvalue weighted by molar-refractivity contribution is 14.1. The highest BCUT2D eigenvalue weighted by Crippen LogP contribution is 2.14. The molecule has 0 unspecified atom stereocenters. The lowest BCUT2D eigenvalue weighted by Gasteiger charge is -2.28. The summed E-state index contributed by atoms with van der Waals surface area (Å²) in [7, 11) is 4.18. The van der Waals surface area contributed by atoms with Gasteiger partial charge in [0.2, 0.25) is 0 Å². The van der Waals surface area contributed by atoms with Gasteiger partial charge in [-0.1, -0.05) is 6.07 Å². The van der Waals surface area contributed by atoms with Crippen molar-refractivity contribution in [1.82, 2.24) is 0 Å². The number of aliphatic hydroxyl groups is 1. The zero-order valence-electron chi connectivity index (χ0n) is 9.82. The molecule has 1 aromatic rings. The molecular formula is C12H19INO2+. The molecule has 0 aliphatic heterocycles. The first-order valence-corrected chi connectivity index (χ1v) is 6.43. The molecule has 1 rings (SSSR count). The van der Waals surface area contributed by atoms with Crippen molar-refractivity contribution in [2.24, 2.45) is 0 Å². The molecule has 0 bridgehead atoms.